The van der Waals surface area contributed by atoms with Crippen molar-refractivity contribution in [3.8, 4) is 55.6 Å². The highest BCUT2D eigenvalue weighted by Gasteiger charge is 2.36. The minimum Gasteiger partial charge on any atom is -0.256 e. The van der Waals surface area contributed by atoms with Crippen molar-refractivity contribution in [1.82, 2.24) is 9.97 Å². The number of fused-ring (bicyclic) bond motifs is 11. The highest BCUT2D eigenvalue weighted by Crippen LogP contribution is 2.51. The lowest BCUT2D eigenvalue weighted by Gasteiger charge is -2.22. The molecule has 7 aromatic carbocycles. The Morgan fingerprint density at radius 3 is 1.30 bits per heavy atom. The molecule has 0 spiro atoms. The number of rotatable bonds is 3. The molecule has 54 heavy (non-hydrogen) atoms. The van der Waals surface area contributed by atoms with Gasteiger partial charge in [-0.1, -0.05) is 137 Å². The van der Waals surface area contributed by atoms with Gasteiger partial charge in [0.25, 0.3) is 0 Å². The Hall–Kier alpha value is -6.38. The van der Waals surface area contributed by atoms with Gasteiger partial charge in [0.2, 0.25) is 0 Å². The first-order chi connectivity index (χ1) is 26.3. The predicted octanol–water partition coefficient (Wildman–Crippen LogP) is 13.5. The van der Waals surface area contributed by atoms with Crippen molar-refractivity contribution in [2.75, 3.05) is 0 Å². The SMILES string of the molecule is CC1(C)c2ccccc2-c2ccc(-c3ccc(-c4cc5c(cc(-c6ccc7c(c6)C(C)(C)c6ccccc6-7)c6cccnc65)c5ncccc45)cc3)cc21. The van der Waals surface area contributed by atoms with Crippen molar-refractivity contribution in [1.29, 1.82) is 0 Å². The van der Waals surface area contributed by atoms with Gasteiger partial charge in [0.1, 0.15) is 0 Å². The molecule has 0 N–H and O–H groups in total. The van der Waals surface area contributed by atoms with Gasteiger partial charge in [0.15, 0.2) is 0 Å². The van der Waals surface area contributed by atoms with Gasteiger partial charge in [-0.3, -0.25) is 9.97 Å². The Morgan fingerprint density at radius 1 is 0.315 bits per heavy atom. The molecule has 2 aliphatic carbocycles. The smallest absolute Gasteiger partial charge is 0.0787 e. The number of hydrogen-bond acceptors (Lipinski definition) is 2. The second kappa shape index (κ2) is 11.1. The van der Waals surface area contributed by atoms with Gasteiger partial charge in [-0.15, -0.1) is 0 Å². The van der Waals surface area contributed by atoms with E-state index in [9.17, 15) is 0 Å². The third-order valence-corrected chi connectivity index (χ3v) is 12.6. The zero-order chi connectivity index (χ0) is 36.3. The zero-order valence-corrected chi connectivity index (χ0v) is 30.9. The van der Waals surface area contributed by atoms with Crippen LogP contribution in [0, 0.1) is 0 Å². The average molecular weight is 691 g/mol. The van der Waals surface area contributed by atoms with E-state index in [0.717, 1.165) is 32.6 Å². The molecule has 0 fully saturated rings. The molecule has 0 atom stereocenters. The fourth-order valence-electron chi connectivity index (χ4n) is 9.74. The van der Waals surface area contributed by atoms with Crippen LogP contribution in [0.1, 0.15) is 49.9 Å². The maximum atomic E-state index is 5.05. The van der Waals surface area contributed by atoms with Crippen LogP contribution in [0.3, 0.4) is 0 Å². The fourth-order valence-corrected chi connectivity index (χ4v) is 9.74. The maximum Gasteiger partial charge on any atom is 0.0787 e. The molecule has 0 amide bonds. The van der Waals surface area contributed by atoms with Crippen molar-refractivity contribution in [3.63, 3.8) is 0 Å². The first-order valence-corrected chi connectivity index (χ1v) is 19.0. The van der Waals surface area contributed by atoms with Crippen LogP contribution >= 0.6 is 0 Å². The lowest BCUT2D eigenvalue weighted by atomic mass is 9.81. The topological polar surface area (TPSA) is 25.8 Å². The Labute approximate surface area is 315 Å². The van der Waals surface area contributed by atoms with E-state index < -0.39 is 0 Å². The maximum absolute atomic E-state index is 5.05. The van der Waals surface area contributed by atoms with Crippen LogP contribution in [-0.4, -0.2) is 9.97 Å². The molecule has 0 bridgehead atoms. The summed E-state index contributed by atoms with van der Waals surface area (Å²) in [7, 11) is 0. The lowest BCUT2D eigenvalue weighted by molar-refractivity contribution is 0.660. The highest BCUT2D eigenvalue weighted by molar-refractivity contribution is 6.21. The number of nitrogens with zero attached hydrogens (tertiary/aromatic N) is 2. The molecule has 9 aromatic rings. The van der Waals surface area contributed by atoms with Crippen LogP contribution in [0.4, 0.5) is 0 Å². The van der Waals surface area contributed by atoms with Gasteiger partial charge < -0.3 is 0 Å². The summed E-state index contributed by atoms with van der Waals surface area (Å²) in [5, 5.41) is 4.53. The molecular formula is C52H38N2. The van der Waals surface area contributed by atoms with E-state index in [1.54, 1.807) is 0 Å². The number of aromatic nitrogens is 2. The summed E-state index contributed by atoms with van der Waals surface area (Å²) in [6, 6.07) is 54.0. The van der Waals surface area contributed by atoms with Crippen LogP contribution in [0.25, 0.3) is 88.2 Å². The summed E-state index contributed by atoms with van der Waals surface area (Å²) in [6.07, 6.45) is 3.83. The van der Waals surface area contributed by atoms with E-state index in [-0.39, 0.29) is 10.8 Å². The quantitative estimate of drug-likeness (QED) is 0.172. The number of hydrogen-bond donors (Lipinski definition) is 0. The standard InChI is InChI=1S/C52H38N2/c1-51(2)45-15-7-5-11-35(45)37-23-21-33(27-47(37)51)31-17-19-32(20-18-31)41-29-43-44(49-39(41)13-9-25-53-49)30-42(40-14-10-26-54-50(40)43)34-22-24-38-36-12-6-8-16-46(36)52(3,4)48(38)28-34/h5-30H,1-4H3. The molecule has 2 heteroatoms. The third kappa shape index (κ3) is 4.28. The van der Waals surface area contributed by atoms with Gasteiger partial charge in [-0.2, -0.15) is 0 Å². The van der Waals surface area contributed by atoms with Crippen molar-refractivity contribution in [3.05, 3.63) is 180 Å². The monoisotopic (exact) mass is 690 g/mol. The van der Waals surface area contributed by atoms with Crippen molar-refractivity contribution >= 4 is 32.6 Å². The molecule has 0 radical (unpaired) electrons. The molecule has 0 unspecified atom stereocenters. The van der Waals surface area contributed by atoms with Crippen LogP contribution in [-0.2, 0) is 10.8 Å². The molecule has 2 heterocycles. The average Bonchev–Trinajstić information content (AvgIpc) is 3.59. The predicted molar refractivity (Wildman–Crippen MR) is 226 cm³/mol. The van der Waals surface area contributed by atoms with Crippen LogP contribution in [0.2, 0.25) is 0 Å². The van der Waals surface area contributed by atoms with E-state index in [2.05, 4.69) is 173 Å². The summed E-state index contributed by atoms with van der Waals surface area (Å²) in [6.45, 7) is 9.38. The van der Waals surface area contributed by atoms with Gasteiger partial charge in [0.05, 0.1) is 11.0 Å². The van der Waals surface area contributed by atoms with Crippen molar-refractivity contribution < 1.29 is 0 Å². The Bertz CT molecular complexity index is 3040. The van der Waals surface area contributed by atoms with Gasteiger partial charge in [-0.25, -0.2) is 0 Å². The summed E-state index contributed by atoms with van der Waals surface area (Å²) < 4.78 is 0. The Balaban J connectivity index is 1.04. The number of benzene rings is 7. The Morgan fingerprint density at radius 2 is 0.741 bits per heavy atom. The van der Waals surface area contributed by atoms with Gasteiger partial charge >= 0.3 is 0 Å². The van der Waals surface area contributed by atoms with E-state index >= 15 is 0 Å². The first kappa shape index (κ1) is 31.2. The third-order valence-electron chi connectivity index (χ3n) is 12.6. The van der Waals surface area contributed by atoms with Crippen LogP contribution in [0.5, 0.6) is 0 Å². The van der Waals surface area contributed by atoms with E-state index in [4.69, 9.17) is 9.97 Å². The van der Waals surface area contributed by atoms with Crippen LogP contribution < -0.4 is 0 Å². The van der Waals surface area contributed by atoms with Gasteiger partial charge in [0, 0.05) is 44.8 Å². The lowest BCUT2D eigenvalue weighted by Crippen LogP contribution is -2.14. The summed E-state index contributed by atoms with van der Waals surface area (Å²) >= 11 is 0. The van der Waals surface area contributed by atoms with Crippen LogP contribution in [0.15, 0.2) is 158 Å². The first-order valence-electron chi connectivity index (χ1n) is 19.0. The highest BCUT2D eigenvalue weighted by atomic mass is 14.7. The van der Waals surface area contributed by atoms with E-state index in [0.29, 0.717) is 0 Å². The molecule has 0 saturated heterocycles. The molecule has 2 aromatic heterocycles. The molecule has 11 rings (SSSR count). The number of pyridine rings is 2. The largest absolute Gasteiger partial charge is 0.256 e. The van der Waals surface area contributed by atoms with E-state index in [1.165, 1.54) is 77.9 Å². The fraction of sp³-hybridized carbons (Fsp3) is 0.115. The normalized spacial score (nSPS) is 14.6. The molecule has 2 aliphatic rings. The molecule has 2 nitrogen and oxygen atoms in total. The zero-order valence-electron chi connectivity index (χ0n) is 30.9. The molecule has 256 valence electrons. The minimum absolute atomic E-state index is 0.0292. The summed E-state index contributed by atoms with van der Waals surface area (Å²) in [5.41, 5.74) is 20.0. The Kier molecular flexibility index (Phi) is 6.39. The summed E-state index contributed by atoms with van der Waals surface area (Å²) in [4.78, 5) is 10.1. The molecule has 0 aliphatic heterocycles. The molecular weight excluding hydrogens is 653 g/mol. The summed E-state index contributed by atoms with van der Waals surface area (Å²) in [5.74, 6) is 0. The second-order valence-electron chi connectivity index (χ2n) is 16.2. The second-order valence-corrected chi connectivity index (χ2v) is 16.2. The minimum atomic E-state index is -0.0749. The molecule has 0 saturated carbocycles. The van der Waals surface area contributed by atoms with Crippen molar-refractivity contribution in [2.45, 2.75) is 38.5 Å². The van der Waals surface area contributed by atoms with E-state index in [1.807, 2.05) is 12.4 Å². The van der Waals surface area contributed by atoms with Gasteiger partial charge in [-0.05, 0) is 114 Å². The van der Waals surface area contributed by atoms with Crippen molar-refractivity contribution in [2.24, 2.45) is 0 Å².